The number of aromatic nitrogens is 2. The molecule has 0 saturated carbocycles. The molecule has 0 aliphatic heterocycles. The first kappa shape index (κ1) is 14.3. The lowest BCUT2D eigenvalue weighted by Gasteiger charge is -2.06. The minimum absolute atomic E-state index is 0.174. The molecule has 0 N–H and O–H groups in total. The van der Waals surface area contributed by atoms with Crippen molar-refractivity contribution >= 4 is 15.9 Å². The summed E-state index contributed by atoms with van der Waals surface area (Å²) in [6, 6.07) is 14.2. The van der Waals surface area contributed by atoms with Gasteiger partial charge in [0, 0.05) is 22.7 Å². The average molecular weight is 329 g/mol. The molecule has 1 heterocycles. The van der Waals surface area contributed by atoms with Crippen LogP contribution in [-0.2, 0) is 6.54 Å². The van der Waals surface area contributed by atoms with Crippen LogP contribution in [0.25, 0.3) is 11.3 Å². The van der Waals surface area contributed by atoms with Gasteiger partial charge in [-0.1, -0.05) is 28.1 Å². The van der Waals surface area contributed by atoms with E-state index in [1.165, 1.54) is 0 Å². The van der Waals surface area contributed by atoms with Crippen molar-refractivity contribution in [2.24, 2.45) is 5.92 Å². The number of hydrogen-bond donors (Lipinski definition) is 0. The largest absolute Gasteiger partial charge is 0.271 e. The molecule has 100 valence electrons. The lowest BCUT2D eigenvalue weighted by atomic mass is 10.1. The van der Waals surface area contributed by atoms with Crippen LogP contribution in [0.2, 0.25) is 0 Å². The summed E-state index contributed by atoms with van der Waals surface area (Å²) < 4.78 is 2.80. The molecule has 2 aromatic rings. The lowest BCUT2D eigenvalue weighted by Crippen LogP contribution is -2.09. The first-order valence-corrected chi connectivity index (χ1v) is 7.08. The molecule has 0 unspecified atom stereocenters. The highest BCUT2D eigenvalue weighted by Gasteiger charge is 2.10. The molecule has 1 atom stereocenters. The van der Waals surface area contributed by atoms with Crippen molar-refractivity contribution < 1.29 is 0 Å². The topological polar surface area (TPSA) is 65.4 Å². The van der Waals surface area contributed by atoms with Gasteiger partial charge >= 0.3 is 0 Å². The minimum Gasteiger partial charge on any atom is -0.271 e. The van der Waals surface area contributed by atoms with E-state index < -0.39 is 0 Å². The summed E-state index contributed by atoms with van der Waals surface area (Å²) >= 11 is 3.40. The van der Waals surface area contributed by atoms with Crippen molar-refractivity contribution in [2.75, 3.05) is 0 Å². The Labute approximate surface area is 126 Å². The van der Waals surface area contributed by atoms with Gasteiger partial charge in [0.1, 0.15) is 0 Å². The molecule has 0 fully saturated rings. The second-order valence-electron chi connectivity index (χ2n) is 4.45. The van der Waals surface area contributed by atoms with Gasteiger partial charge in [-0.15, -0.1) is 0 Å². The van der Waals surface area contributed by atoms with Gasteiger partial charge in [-0.05, 0) is 24.6 Å². The molecule has 5 heteroatoms. The fourth-order valence-corrected chi connectivity index (χ4v) is 2.16. The van der Waals surface area contributed by atoms with E-state index in [9.17, 15) is 0 Å². The highest BCUT2D eigenvalue weighted by molar-refractivity contribution is 9.10. The van der Waals surface area contributed by atoms with E-state index in [1.807, 2.05) is 36.5 Å². The van der Waals surface area contributed by atoms with Gasteiger partial charge in [-0.3, -0.25) is 4.68 Å². The Balaban J connectivity index is 2.07. The van der Waals surface area contributed by atoms with Crippen LogP contribution in [0, 0.1) is 28.6 Å². The average Bonchev–Trinajstić information content (AvgIpc) is 2.92. The SMILES string of the molecule is N#CCC[C@@H](C#N)Cn1ccc(-c2ccc(Br)cc2)n1. The Morgan fingerprint density at radius 2 is 1.95 bits per heavy atom. The summed E-state index contributed by atoms with van der Waals surface area (Å²) in [7, 11) is 0. The van der Waals surface area contributed by atoms with Crippen LogP contribution >= 0.6 is 15.9 Å². The highest BCUT2D eigenvalue weighted by atomic mass is 79.9. The number of benzene rings is 1. The van der Waals surface area contributed by atoms with Crippen molar-refractivity contribution in [3.8, 4) is 23.4 Å². The van der Waals surface area contributed by atoms with Crippen molar-refractivity contribution in [2.45, 2.75) is 19.4 Å². The molecule has 20 heavy (non-hydrogen) atoms. The Morgan fingerprint density at radius 3 is 2.60 bits per heavy atom. The standard InChI is InChI=1S/C15H13BrN4/c16-14-5-3-13(4-6-14)15-7-9-20(19-15)11-12(10-18)2-1-8-17/h3-7,9,12H,1-2,11H2/t12-/m0/s1. The molecular formula is C15H13BrN4. The molecule has 0 saturated heterocycles. The third-order valence-corrected chi connectivity index (χ3v) is 3.50. The maximum absolute atomic E-state index is 9.06. The number of nitriles is 2. The van der Waals surface area contributed by atoms with E-state index in [4.69, 9.17) is 10.5 Å². The first-order valence-electron chi connectivity index (χ1n) is 6.29. The summed E-state index contributed by atoms with van der Waals surface area (Å²) in [5, 5.41) is 22.1. The van der Waals surface area contributed by atoms with Crippen LogP contribution in [0.15, 0.2) is 41.0 Å². The molecule has 0 aliphatic carbocycles. The Hall–Kier alpha value is -2.11. The maximum atomic E-state index is 9.06. The van der Waals surface area contributed by atoms with Crippen LogP contribution in [0.5, 0.6) is 0 Å². The fraction of sp³-hybridized carbons (Fsp3) is 0.267. The Kier molecular flexibility index (Phi) is 4.92. The molecule has 0 aliphatic rings. The molecule has 1 aromatic heterocycles. The number of rotatable bonds is 5. The molecule has 0 spiro atoms. The third kappa shape index (κ3) is 3.69. The molecule has 4 nitrogen and oxygen atoms in total. The molecular weight excluding hydrogens is 316 g/mol. The van der Waals surface area contributed by atoms with Crippen molar-refractivity contribution in [1.29, 1.82) is 10.5 Å². The van der Waals surface area contributed by atoms with Crippen LogP contribution in [0.3, 0.4) is 0 Å². The van der Waals surface area contributed by atoms with Crippen molar-refractivity contribution in [3.63, 3.8) is 0 Å². The monoisotopic (exact) mass is 328 g/mol. The zero-order valence-corrected chi connectivity index (χ0v) is 12.4. The summed E-state index contributed by atoms with van der Waals surface area (Å²) in [4.78, 5) is 0. The molecule has 0 bridgehead atoms. The van der Waals surface area contributed by atoms with Crippen molar-refractivity contribution in [3.05, 3.63) is 41.0 Å². The van der Waals surface area contributed by atoms with E-state index in [1.54, 1.807) is 4.68 Å². The maximum Gasteiger partial charge on any atom is 0.0923 e. The van der Waals surface area contributed by atoms with Crippen LogP contribution < -0.4 is 0 Å². The van der Waals surface area contributed by atoms with Crippen LogP contribution in [-0.4, -0.2) is 9.78 Å². The Morgan fingerprint density at radius 1 is 1.20 bits per heavy atom. The number of nitrogens with zero attached hydrogens (tertiary/aromatic N) is 4. The van der Waals surface area contributed by atoms with Gasteiger partial charge in [0.25, 0.3) is 0 Å². The summed E-state index contributed by atoms with van der Waals surface area (Å²) in [6.07, 6.45) is 2.85. The lowest BCUT2D eigenvalue weighted by molar-refractivity contribution is 0.477. The predicted octanol–water partition coefficient (Wildman–Crippen LogP) is 3.76. The smallest absolute Gasteiger partial charge is 0.0923 e. The summed E-state index contributed by atoms with van der Waals surface area (Å²) in [6.45, 7) is 0.523. The van der Waals surface area contributed by atoms with Gasteiger partial charge in [-0.2, -0.15) is 15.6 Å². The predicted molar refractivity (Wildman–Crippen MR) is 79.3 cm³/mol. The molecule has 0 radical (unpaired) electrons. The minimum atomic E-state index is -0.174. The van der Waals surface area contributed by atoms with Crippen LogP contribution in [0.1, 0.15) is 12.8 Å². The molecule has 0 amide bonds. The quantitative estimate of drug-likeness (QED) is 0.839. The highest BCUT2D eigenvalue weighted by Crippen LogP contribution is 2.20. The van der Waals surface area contributed by atoms with Gasteiger partial charge in [0.2, 0.25) is 0 Å². The van der Waals surface area contributed by atoms with Crippen molar-refractivity contribution in [1.82, 2.24) is 9.78 Å². The fourth-order valence-electron chi connectivity index (χ4n) is 1.90. The normalized spacial score (nSPS) is 11.6. The van der Waals surface area contributed by atoms with E-state index >= 15 is 0 Å². The van der Waals surface area contributed by atoms with E-state index in [-0.39, 0.29) is 5.92 Å². The number of hydrogen-bond acceptors (Lipinski definition) is 3. The number of halogens is 1. The van der Waals surface area contributed by atoms with E-state index in [2.05, 4.69) is 33.2 Å². The van der Waals surface area contributed by atoms with E-state index in [0.29, 0.717) is 19.4 Å². The summed E-state index contributed by atoms with van der Waals surface area (Å²) in [5.41, 5.74) is 1.92. The zero-order chi connectivity index (χ0) is 14.4. The summed E-state index contributed by atoms with van der Waals surface area (Å²) in [5.74, 6) is -0.174. The third-order valence-electron chi connectivity index (χ3n) is 2.98. The van der Waals surface area contributed by atoms with Gasteiger partial charge in [0.15, 0.2) is 0 Å². The molecule has 1 aromatic carbocycles. The van der Waals surface area contributed by atoms with Gasteiger partial charge in [-0.25, -0.2) is 0 Å². The zero-order valence-electron chi connectivity index (χ0n) is 10.8. The second-order valence-corrected chi connectivity index (χ2v) is 5.37. The van der Waals surface area contributed by atoms with Gasteiger partial charge < -0.3 is 0 Å². The second kappa shape index (κ2) is 6.88. The first-order chi connectivity index (χ1) is 9.72. The van der Waals surface area contributed by atoms with E-state index in [0.717, 1.165) is 15.7 Å². The van der Waals surface area contributed by atoms with Crippen LogP contribution in [0.4, 0.5) is 0 Å². The molecule has 2 rings (SSSR count). The Bertz CT molecular complexity index is 646. The van der Waals surface area contributed by atoms with Gasteiger partial charge in [0.05, 0.1) is 30.3 Å².